The van der Waals surface area contributed by atoms with Gasteiger partial charge in [0.15, 0.2) is 0 Å². The summed E-state index contributed by atoms with van der Waals surface area (Å²) in [4.78, 5) is 0. The van der Waals surface area contributed by atoms with E-state index in [1.54, 1.807) is 0 Å². The van der Waals surface area contributed by atoms with Gasteiger partial charge in [-0.1, -0.05) is 13.8 Å². The van der Waals surface area contributed by atoms with Crippen molar-refractivity contribution in [3.63, 3.8) is 0 Å². The van der Waals surface area contributed by atoms with Gasteiger partial charge in [0, 0.05) is 30.7 Å². The molecular formula is C12H25NOS. The number of hydrogen-bond acceptors (Lipinski definition) is 3. The Morgan fingerprint density at radius 2 is 2.20 bits per heavy atom. The van der Waals surface area contributed by atoms with Crippen molar-refractivity contribution in [2.45, 2.75) is 51.7 Å². The first-order valence-corrected chi connectivity index (χ1v) is 7.45. The fourth-order valence-electron chi connectivity index (χ4n) is 1.90. The third-order valence-corrected chi connectivity index (χ3v) is 4.09. The normalized spacial score (nSPS) is 21.4. The van der Waals surface area contributed by atoms with Crippen LogP contribution >= 0.6 is 11.8 Å². The van der Waals surface area contributed by atoms with E-state index in [1.165, 1.54) is 37.2 Å². The maximum absolute atomic E-state index is 5.58. The van der Waals surface area contributed by atoms with E-state index in [0.717, 1.165) is 13.2 Å². The molecule has 2 nitrogen and oxygen atoms in total. The van der Waals surface area contributed by atoms with Crippen LogP contribution in [0.25, 0.3) is 0 Å². The summed E-state index contributed by atoms with van der Waals surface area (Å²) in [6, 6.07) is 0.716. The van der Waals surface area contributed by atoms with Gasteiger partial charge in [-0.3, -0.25) is 0 Å². The van der Waals surface area contributed by atoms with Crippen molar-refractivity contribution in [1.29, 1.82) is 0 Å². The van der Waals surface area contributed by atoms with Gasteiger partial charge in [-0.15, -0.1) is 0 Å². The Labute approximate surface area is 98.5 Å². The van der Waals surface area contributed by atoms with Crippen molar-refractivity contribution in [3.8, 4) is 0 Å². The van der Waals surface area contributed by atoms with Crippen molar-refractivity contribution < 1.29 is 4.74 Å². The largest absolute Gasteiger partial charge is 0.377 e. The van der Waals surface area contributed by atoms with Crippen molar-refractivity contribution in [3.05, 3.63) is 0 Å². The Hall–Kier alpha value is 0.270. The standard InChI is InChI=1S/C12H25NOS/c1-3-11(4-2)13-7-9-15-10-12-6-5-8-14-12/h11-13H,3-10H2,1-2H3. The molecule has 0 radical (unpaired) electrons. The molecule has 3 heteroatoms. The van der Waals surface area contributed by atoms with Gasteiger partial charge in [0.1, 0.15) is 0 Å². The number of nitrogens with one attached hydrogen (secondary N) is 1. The number of ether oxygens (including phenoxy) is 1. The molecule has 0 bridgehead atoms. The molecule has 1 aliphatic rings. The smallest absolute Gasteiger partial charge is 0.0666 e. The van der Waals surface area contributed by atoms with Gasteiger partial charge in [0.05, 0.1) is 6.10 Å². The lowest BCUT2D eigenvalue weighted by molar-refractivity contribution is 0.129. The molecule has 90 valence electrons. The summed E-state index contributed by atoms with van der Waals surface area (Å²) < 4.78 is 5.58. The molecule has 1 unspecified atom stereocenters. The van der Waals surface area contributed by atoms with Crippen LogP contribution in [0, 0.1) is 0 Å². The molecule has 1 fully saturated rings. The van der Waals surface area contributed by atoms with Crippen molar-refractivity contribution in [1.82, 2.24) is 5.32 Å². The maximum Gasteiger partial charge on any atom is 0.0666 e. The summed E-state index contributed by atoms with van der Waals surface area (Å²) in [6.07, 6.45) is 5.56. The molecule has 1 aliphatic heterocycles. The first kappa shape index (κ1) is 13.3. The number of rotatable bonds is 8. The third-order valence-electron chi connectivity index (χ3n) is 2.99. The van der Waals surface area contributed by atoms with Crippen molar-refractivity contribution >= 4 is 11.8 Å². The molecule has 1 atom stereocenters. The lowest BCUT2D eigenvalue weighted by atomic mass is 10.2. The predicted molar refractivity (Wildman–Crippen MR) is 68.7 cm³/mol. The zero-order valence-corrected chi connectivity index (χ0v) is 10.9. The van der Waals surface area contributed by atoms with Gasteiger partial charge in [-0.05, 0) is 25.7 Å². The van der Waals surface area contributed by atoms with Crippen LogP contribution in [0.15, 0.2) is 0 Å². The zero-order valence-electron chi connectivity index (χ0n) is 10.1. The summed E-state index contributed by atoms with van der Waals surface area (Å²) in [5, 5.41) is 3.58. The van der Waals surface area contributed by atoms with Crippen LogP contribution in [-0.4, -0.2) is 36.8 Å². The van der Waals surface area contributed by atoms with Crippen molar-refractivity contribution in [2.24, 2.45) is 0 Å². The van der Waals surface area contributed by atoms with Crippen LogP contribution < -0.4 is 5.32 Å². The summed E-state index contributed by atoms with van der Waals surface area (Å²) in [7, 11) is 0. The fraction of sp³-hybridized carbons (Fsp3) is 1.00. The minimum Gasteiger partial charge on any atom is -0.377 e. The van der Waals surface area contributed by atoms with Gasteiger partial charge in [-0.2, -0.15) is 11.8 Å². The van der Waals surface area contributed by atoms with Crippen LogP contribution in [0.5, 0.6) is 0 Å². The predicted octanol–water partition coefficient (Wildman–Crippen LogP) is 2.68. The van der Waals surface area contributed by atoms with Crippen LogP contribution in [-0.2, 0) is 4.74 Å². The molecule has 0 spiro atoms. The van der Waals surface area contributed by atoms with Gasteiger partial charge in [0.2, 0.25) is 0 Å². The average Bonchev–Trinajstić information content (AvgIpc) is 2.76. The molecule has 1 rings (SSSR count). The quantitative estimate of drug-likeness (QED) is 0.649. The fourth-order valence-corrected chi connectivity index (χ4v) is 2.86. The Balaban J connectivity index is 1.87. The van der Waals surface area contributed by atoms with E-state index in [1.807, 2.05) is 11.8 Å². The molecule has 0 aliphatic carbocycles. The van der Waals surface area contributed by atoms with Crippen molar-refractivity contribution in [2.75, 3.05) is 24.7 Å². The minimum absolute atomic E-state index is 0.545. The third kappa shape index (κ3) is 5.79. The molecule has 1 heterocycles. The van der Waals surface area contributed by atoms with E-state index >= 15 is 0 Å². The molecule has 15 heavy (non-hydrogen) atoms. The van der Waals surface area contributed by atoms with Gasteiger partial charge in [0.25, 0.3) is 0 Å². The number of hydrogen-bond donors (Lipinski definition) is 1. The number of thioether (sulfide) groups is 1. The molecule has 0 aromatic rings. The zero-order chi connectivity index (χ0) is 10.9. The van der Waals surface area contributed by atoms with Crippen LogP contribution in [0.1, 0.15) is 39.5 Å². The van der Waals surface area contributed by atoms with E-state index < -0.39 is 0 Å². The van der Waals surface area contributed by atoms with Crippen LogP contribution in [0.4, 0.5) is 0 Å². The average molecular weight is 231 g/mol. The summed E-state index contributed by atoms with van der Waals surface area (Å²) in [5.41, 5.74) is 0. The molecule has 0 aromatic heterocycles. The topological polar surface area (TPSA) is 21.3 Å². The highest BCUT2D eigenvalue weighted by molar-refractivity contribution is 7.99. The molecular weight excluding hydrogens is 206 g/mol. The summed E-state index contributed by atoms with van der Waals surface area (Å²) in [5.74, 6) is 2.40. The van der Waals surface area contributed by atoms with E-state index in [2.05, 4.69) is 19.2 Å². The Morgan fingerprint density at radius 1 is 1.40 bits per heavy atom. The second-order valence-corrected chi connectivity index (χ2v) is 5.33. The Kier molecular flexibility index (Phi) is 7.49. The Morgan fingerprint density at radius 3 is 2.80 bits per heavy atom. The highest BCUT2D eigenvalue weighted by atomic mass is 32.2. The second-order valence-electron chi connectivity index (χ2n) is 4.18. The monoisotopic (exact) mass is 231 g/mol. The van der Waals surface area contributed by atoms with E-state index in [-0.39, 0.29) is 0 Å². The molecule has 1 saturated heterocycles. The first-order valence-electron chi connectivity index (χ1n) is 6.29. The van der Waals surface area contributed by atoms with Gasteiger partial charge in [-0.25, -0.2) is 0 Å². The lowest BCUT2D eigenvalue weighted by Crippen LogP contribution is -2.29. The lowest BCUT2D eigenvalue weighted by Gasteiger charge is -2.14. The molecule has 1 N–H and O–H groups in total. The van der Waals surface area contributed by atoms with Crippen LogP contribution in [0.2, 0.25) is 0 Å². The highest BCUT2D eigenvalue weighted by Gasteiger charge is 2.14. The first-order chi connectivity index (χ1) is 7.36. The second kappa shape index (κ2) is 8.43. The molecule has 0 amide bonds. The van der Waals surface area contributed by atoms with Gasteiger partial charge < -0.3 is 10.1 Å². The van der Waals surface area contributed by atoms with Crippen LogP contribution in [0.3, 0.4) is 0 Å². The SMILES string of the molecule is CCC(CC)NCCSCC1CCCO1. The van der Waals surface area contributed by atoms with Gasteiger partial charge >= 0.3 is 0 Å². The van der Waals surface area contributed by atoms with E-state index in [0.29, 0.717) is 12.1 Å². The molecule has 0 aromatic carbocycles. The maximum atomic E-state index is 5.58. The van der Waals surface area contributed by atoms with E-state index in [4.69, 9.17) is 4.74 Å². The minimum atomic E-state index is 0.545. The summed E-state index contributed by atoms with van der Waals surface area (Å²) in [6.45, 7) is 6.63. The highest BCUT2D eigenvalue weighted by Crippen LogP contribution is 2.16. The summed E-state index contributed by atoms with van der Waals surface area (Å²) >= 11 is 2.03. The van der Waals surface area contributed by atoms with E-state index in [9.17, 15) is 0 Å². The Bertz CT molecular complexity index is 141. The molecule has 0 saturated carbocycles.